The fourth-order valence-electron chi connectivity index (χ4n) is 8.02. The second-order valence-corrected chi connectivity index (χ2v) is 15.9. The lowest BCUT2D eigenvalue weighted by Crippen LogP contribution is -2.09. The Labute approximate surface area is 315 Å². The molecule has 0 bridgehead atoms. The van der Waals surface area contributed by atoms with Crippen molar-refractivity contribution in [2.45, 2.75) is 0 Å². The van der Waals surface area contributed by atoms with Gasteiger partial charge >= 0.3 is 0 Å². The molecule has 0 fully saturated rings. The van der Waals surface area contributed by atoms with Gasteiger partial charge in [0.05, 0.1) is 0 Å². The number of hydrogen-bond acceptors (Lipinski definition) is 3. The Balaban J connectivity index is 1.08. The minimum atomic E-state index is 1.13. The van der Waals surface area contributed by atoms with Gasteiger partial charge in [0.25, 0.3) is 0 Å². The molecule has 0 atom stereocenters. The highest BCUT2D eigenvalue weighted by molar-refractivity contribution is 7.26. The number of thiophene rings is 2. The molecule has 0 N–H and O–H groups in total. The summed E-state index contributed by atoms with van der Waals surface area (Å²) >= 11 is 3.73. The Kier molecular flexibility index (Phi) is 6.97. The van der Waals surface area contributed by atoms with Crippen LogP contribution in [0.5, 0.6) is 0 Å². The zero-order valence-corrected chi connectivity index (χ0v) is 30.3. The van der Waals surface area contributed by atoms with Crippen molar-refractivity contribution >= 4 is 102 Å². The lowest BCUT2D eigenvalue weighted by atomic mass is 9.94. The first-order valence-electron chi connectivity index (χ1n) is 18.0. The van der Waals surface area contributed by atoms with Crippen LogP contribution in [0.25, 0.3) is 84.1 Å². The van der Waals surface area contributed by atoms with E-state index in [0.717, 1.165) is 17.1 Å². The molecule has 0 saturated carbocycles. The lowest BCUT2D eigenvalue weighted by molar-refractivity contribution is 1.30. The third kappa shape index (κ3) is 5.12. The van der Waals surface area contributed by atoms with Crippen LogP contribution in [0.15, 0.2) is 188 Å². The predicted molar refractivity (Wildman–Crippen MR) is 233 cm³/mol. The van der Waals surface area contributed by atoms with Crippen LogP contribution >= 0.6 is 22.7 Å². The van der Waals surface area contributed by atoms with Crippen LogP contribution in [0.2, 0.25) is 0 Å². The van der Waals surface area contributed by atoms with Gasteiger partial charge in [-0.25, -0.2) is 0 Å². The molecule has 9 aromatic carbocycles. The number of rotatable bonds is 5. The third-order valence-corrected chi connectivity index (χ3v) is 12.9. The number of anilines is 3. The van der Waals surface area contributed by atoms with E-state index in [-0.39, 0.29) is 0 Å². The largest absolute Gasteiger partial charge is 0.310 e. The minimum absolute atomic E-state index is 1.13. The summed E-state index contributed by atoms with van der Waals surface area (Å²) in [5.74, 6) is 0. The molecule has 11 aromatic rings. The van der Waals surface area contributed by atoms with Crippen LogP contribution < -0.4 is 4.90 Å². The van der Waals surface area contributed by atoms with Crippen molar-refractivity contribution in [1.29, 1.82) is 0 Å². The van der Waals surface area contributed by atoms with Crippen LogP contribution in [0.4, 0.5) is 17.1 Å². The summed E-state index contributed by atoms with van der Waals surface area (Å²) in [6.45, 7) is 0. The number of benzene rings is 9. The van der Waals surface area contributed by atoms with Crippen LogP contribution in [-0.4, -0.2) is 0 Å². The molecule has 0 unspecified atom stereocenters. The Morgan fingerprint density at radius 1 is 0.264 bits per heavy atom. The van der Waals surface area contributed by atoms with E-state index in [4.69, 9.17) is 0 Å². The van der Waals surface area contributed by atoms with Gasteiger partial charge in [-0.2, -0.15) is 0 Å². The summed E-state index contributed by atoms with van der Waals surface area (Å²) in [7, 11) is 0. The van der Waals surface area contributed by atoms with Crippen LogP contribution in [0.1, 0.15) is 0 Å². The summed E-state index contributed by atoms with van der Waals surface area (Å²) in [6.07, 6.45) is 0. The van der Waals surface area contributed by atoms with Gasteiger partial charge in [0.2, 0.25) is 0 Å². The summed E-state index contributed by atoms with van der Waals surface area (Å²) in [5, 5.41) is 10.3. The zero-order chi connectivity index (χ0) is 34.9. The smallest absolute Gasteiger partial charge is 0.0476 e. The number of hydrogen-bond donors (Lipinski definition) is 0. The van der Waals surface area contributed by atoms with Crippen molar-refractivity contribution in [1.82, 2.24) is 0 Å². The van der Waals surface area contributed by atoms with E-state index < -0.39 is 0 Å². The summed E-state index contributed by atoms with van der Waals surface area (Å²) in [6, 6.07) is 69.3. The highest BCUT2D eigenvalue weighted by Gasteiger charge is 2.17. The molecule has 11 rings (SSSR count). The highest BCUT2D eigenvalue weighted by atomic mass is 32.1. The Bertz CT molecular complexity index is 3070. The molecule has 0 radical (unpaired) electrons. The van der Waals surface area contributed by atoms with Crippen molar-refractivity contribution in [3.05, 3.63) is 188 Å². The fourth-order valence-corrected chi connectivity index (χ4v) is 10.3. The molecule has 2 heterocycles. The average molecular weight is 710 g/mol. The SMILES string of the molecule is c1ccc(-c2ccc3ccc4ccc(-c5cccc(N(c6ccc7c(c6)sc6ccccc67)c6ccc7c(c6)sc6ccccc67)c5)cc4c3c2)cc1. The molecule has 0 amide bonds. The van der Waals surface area contributed by atoms with Gasteiger partial charge in [-0.3, -0.25) is 0 Å². The second-order valence-electron chi connectivity index (χ2n) is 13.7. The second kappa shape index (κ2) is 12.2. The normalized spacial score (nSPS) is 11.8. The van der Waals surface area contributed by atoms with Gasteiger partial charge in [-0.15, -0.1) is 22.7 Å². The Hall–Kier alpha value is -6.26. The molecule has 0 aliphatic rings. The lowest BCUT2D eigenvalue weighted by Gasteiger charge is -2.26. The molecule has 3 heteroatoms. The van der Waals surface area contributed by atoms with Crippen LogP contribution in [0.3, 0.4) is 0 Å². The predicted octanol–water partition coefficient (Wildman–Crippen LogP) is 15.5. The van der Waals surface area contributed by atoms with E-state index >= 15 is 0 Å². The maximum absolute atomic E-state index is 2.43. The van der Waals surface area contributed by atoms with Crippen LogP contribution in [-0.2, 0) is 0 Å². The van der Waals surface area contributed by atoms with E-state index in [1.807, 2.05) is 22.7 Å². The minimum Gasteiger partial charge on any atom is -0.310 e. The highest BCUT2D eigenvalue weighted by Crippen LogP contribution is 2.44. The summed E-state index contributed by atoms with van der Waals surface area (Å²) in [5.41, 5.74) is 8.30. The summed E-state index contributed by atoms with van der Waals surface area (Å²) < 4.78 is 5.23. The van der Waals surface area contributed by atoms with Crippen molar-refractivity contribution in [2.75, 3.05) is 4.90 Å². The molecule has 53 heavy (non-hydrogen) atoms. The Morgan fingerprint density at radius 2 is 0.717 bits per heavy atom. The first kappa shape index (κ1) is 30.4. The molecule has 0 aliphatic carbocycles. The van der Waals surface area contributed by atoms with Gasteiger partial charge in [0.15, 0.2) is 0 Å². The molecule has 2 aromatic heterocycles. The maximum Gasteiger partial charge on any atom is 0.0476 e. The first-order valence-corrected chi connectivity index (χ1v) is 19.6. The van der Waals surface area contributed by atoms with Gasteiger partial charge in [-0.1, -0.05) is 127 Å². The molecule has 1 nitrogen and oxygen atoms in total. The van der Waals surface area contributed by atoms with Crippen LogP contribution in [0, 0.1) is 0 Å². The van der Waals surface area contributed by atoms with Crippen molar-refractivity contribution < 1.29 is 0 Å². The van der Waals surface area contributed by atoms with Gasteiger partial charge in [0.1, 0.15) is 0 Å². The standard InChI is InChI=1S/C50H31NS2/c1-2-9-32(10-3-1)36-21-19-33-17-18-34-20-22-37(29-46(34)45(33)28-36)35-11-8-12-38(27-35)51(39-23-25-43-41-13-4-6-15-47(41)52-49(43)30-39)40-24-26-44-42-14-5-7-16-48(42)53-50(44)31-40/h1-31H. The summed E-state index contributed by atoms with van der Waals surface area (Å²) in [4.78, 5) is 2.43. The van der Waals surface area contributed by atoms with E-state index in [0.29, 0.717) is 0 Å². The van der Waals surface area contributed by atoms with E-state index in [9.17, 15) is 0 Å². The Morgan fingerprint density at radius 3 is 1.32 bits per heavy atom. The molecular weight excluding hydrogens is 679 g/mol. The molecular formula is C50H31NS2. The van der Waals surface area contributed by atoms with Gasteiger partial charge in [0, 0.05) is 57.4 Å². The van der Waals surface area contributed by atoms with Gasteiger partial charge < -0.3 is 4.90 Å². The van der Waals surface area contributed by atoms with Gasteiger partial charge in [-0.05, 0) is 104 Å². The van der Waals surface area contributed by atoms with Crippen molar-refractivity contribution in [3.8, 4) is 22.3 Å². The molecule has 0 saturated heterocycles. The molecule has 248 valence electrons. The average Bonchev–Trinajstić information content (AvgIpc) is 3.78. The molecule has 0 aliphatic heterocycles. The number of fused-ring (bicyclic) bond motifs is 9. The van der Waals surface area contributed by atoms with Crippen molar-refractivity contribution in [2.24, 2.45) is 0 Å². The molecule has 0 spiro atoms. The number of nitrogens with zero attached hydrogens (tertiary/aromatic N) is 1. The van der Waals surface area contributed by atoms with E-state index in [1.165, 1.54) is 84.1 Å². The van der Waals surface area contributed by atoms with Crippen molar-refractivity contribution in [3.63, 3.8) is 0 Å². The third-order valence-electron chi connectivity index (χ3n) is 10.6. The van der Waals surface area contributed by atoms with E-state index in [1.54, 1.807) is 0 Å². The van der Waals surface area contributed by atoms with E-state index in [2.05, 4.69) is 193 Å². The quantitative estimate of drug-likeness (QED) is 0.161. The first-order chi connectivity index (χ1) is 26.2. The maximum atomic E-state index is 2.43. The zero-order valence-electron chi connectivity index (χ0n) is 28.7. The monoisotopic (exact) mass is 709 g/mol. The fraction of sp³-hybridized carbons (Fsp3) is 0. The topological polar surface area (TPSA) is 3.24 Å².